The number of rotatable bonds is 5. The topological polar surface area (TPSA) is 15.3 Å². The molecule has 2 rings (SSSR count). The van der Waals surface area contributed by atoms with Crippen molar-refractivity contribution in [1.29, 1.82) is 0 Å². The van der Waals surface area contributed by atoms with Gasteiger partial charge in [0, 0.05) is 30.9 Å². The van der Waals surface area contributed by atoms with E-state index in [9.17, 15) is 0 Å². The van der Waals surface area contributed by atoms with Crippen LogP contribution in [0.2, 0.25) is 0 Å². The fourth-order valence-electron chi connectivity index (χ4n) is 3.10. The van der Waals surface area contributed by atoms with E-state index >= 15 is 0 Å². The van der Waals surface area contributed by atoms with Crippen LogP contribution in [0.3, 0.4) is 0 Å². The second-order valence-corrected chi connectivity index (χ2v) is 6.57. The van der Waals surface area contributed by atoms with Gasteiger partial charge in [0.25, 0.3) is 0 Å². The normalized spacial score (nSPS) is 17.9. The first kappa shape index (κ1) is 15.4. The van der Waals surface area contributed by atoms with Crippen molar-refractivity contribution in [1.82, 2.24) is 5.32 Å². The van der Waals surface area contributed by atoms with Crippen molar-refractivity contribution in [2.24, 2.45) is 5.92 Å². The van der Waals surface area contributed by atoms with Crippen molar-refractivity contribution in [3.63, 3.8) is 0 Å². The Labute approximate surface area is 124 Å². The van der Waals surface area contributed by atoms with Gasteiger partial charge in [-0.2, -0.15) is 0 Å². The molecule has 0 saturated heterocycles. The Hall–Kier alpha value is -1.02. The Morgan fingerprint density at radius 1 is 1.20 bits per heavy atom. The van der Waals surface area contributed by atoms with E-state index in [0.717, 1.165) is 25.6 Å². The molecule has 1 aromatic rings. The lowest BCUT2D eigenvalue weighted by Crippen LogP contribution is -2.51. The predicted octanol–water partition coefficient (Wildman–Crippen LogP) is 4.20. The van der Waals surface area contributed by atoms with Crippen LogP contribution in [0.4, 0.5) is 5.69 Å². The fraction of sp³-hybridized carbons (Fsp3) is 0.667. The summed E-state index contributed by atoms with van der Waals surface area (Å²) in [6.07, 6.45) is 3.64. The first-order valence-electron chi connectivity index (χ1n) is 8.18. The first-order chi connectivity index (χ1) is 9.60. The van der Waals surface area contributed by atoms with E-state index in [4.69, 9.17) is 0 Å². The van der Waals surface area contributed by atoms with Gasteiger partial charge >= 0.3 is 0 Å². The van der Waals surface area contributed by atoms with Crippen molar-refractivity contribution in [3.8, 4) is 0 Å². The molecule has 0 unspecified atom stereocenters. The number of hydrogen-bond donors (Lipinski definition) is 1. The average Bonchev–Trinajstić information content (AvgIpc) is 2.63. The van der Waals surface area contributed by atoms with Crippen molar-refractivity contribution < 1.29 is 0 Å². The minimum atomic E-state index is 0.260. The summed E-state index contributed by atoms with van der Waals surface area (Å²) in [6.45, 7) is 12.5. The van der Waals surface area contributed by atoms with Gasteiger partial charge in [0.05, 0.1) is 0 Å². The predicted molar refractivity (Wildman–Crippen MR) is 88.3 cm³/mol. The molecular formula is C18H30N2. The Balaban J connectivity index is 2.27. The van der Waals surface area contributed by atoms with E-state index in [-0.39, 0.29) is 5.54 Å². The molecule has 1 aromatic carbocycles. The van der Waals surface area contributed by atoms with Crippen LogP contribution in [-0.4, -0.2) is 18.6 Å². The molecule has 0 spiro atoms. The van der Waals surface area contributed by atoms with E-state index in [1.165, 1.54) is 30.5 Å². The van der Waals surface area contributed by atoms with Crippen LogP contribution in [0.25, 0.3) is 0 Å². The number of fused-ring (bicyclic) bond motifs is 1. The van der Waals surface area contributed by atoms with E-state index < -0.39 is 0 Å². The molecule has 2 nitrogen and oxygen atoms in total. The van der Waals surface area contributed by atoms with Gasteiger partial charge in [0.15, 0.2) is 0 Å². The molecule has 0 bridgehead atoms. The molecule has 0 atom stereocenters. The lowest BCUT2D eigenvalue weighted by atomic mass is 9.92. The van der Waals surface area contributed by atoms with Gasteiger partial charge in [-0.25, -0.2) is 0 Å². The molecule has 20 heavy (non-hydrogen) atoms. The molecule has 2 heteroatoms. The van der Waals surface area contributed by atoms with Crippen LogP contribution in [0.15, 0.2) is 24.3 Å². The quantitative estimate of drug-likeness (QED) is 0.865. The summed E-state index contributed by atoms with van der Waals surface area (Å²) in [5.41, 5.74) is 3.14. The summed E-state index contributed by atoms with van der Waals surface area (Å²) in [5.74, 6) is 0.760. The SMILES string of the molecule is CCC1(CC)CN(CCC(C)C)c2ccccc2CN1. The molecule has 0 aliphatic carbocycles. The summed E-state index contributed by atoms with van der Waals surface area (Å²) >= 11 is 0. The number of benzene rings is 1. The molecule has 1 aliphatic heterocycles. The minimum Gasteiger partial charge on any atom is -0.369 e. The average molecular weight is 274 g/mol. The fourth-order valence-corrected chi connectivity index (χ4v) is 3.10. The largest absolute Gasteiger partial charge is 0.369 e. The monoisotopic (exact) mass is 274 g/mol. The molecule has 0 saturated carbocycles. The zero-order chi connectivity index (χ0) is 14.6. The van der Waals surface area contributed by atoms with E-state index in [1.54, 1.807) is 0 Å². The minimum absolute atomic E-state index is 0.260. The highest BCUT2D eigenvalue weighted by atomic mass is 15.2. The third-order valence-corrected chi connectivity index (χ3v) is 4.81. The number of hydrogen-bond acceptors (Lipinski definition) is 2. The van der Waals surface area contributed by atoms with Crippen molar-refractivity contribution in [2.75, 3.05) is 18.0 Å². The van der Waals surface area contributed by atoms with E-state index in [2.05, 4.69) is 62.2 Å². The standard InChI is InChI=1S/C18H30N2/c1-5-18(6-2)14-20(12-11-15(3)4)17-10-8-7-9-16(17)13-19-18/h7-10,15,19H,5-6,11-14H2,1-4H3. The number of para-hydroxylation sites is 1. The first-order valence-corrected chi connectivity index (χ1v) is 8.18. The second-order valence-electron chi connectivity index (χ2n) is 6.57. The summed E-state index contributed by atoms with van der Waals surface area (Å²) in [4.78, 5) is 2.61. The molecule has 112 valence electrons. The summed E-state index contributed by atoms with van der Waals surface area (Å²) < 4.78 is 0. The summed E-state index contributed by atoms with van der Waals surface area (Å²) in [7, 11) is 0. The molecular weight excluding hydrogens is 244 g/mol. The highest BCUT2D eigenvalue weighted by molar-refractivity contribution is 5.55. The smallest absolute Gasteiger partial charge is 0.0412 e. The molecule has 1 N–H and O–H groups in total. The van der Waals surface area contributed by atoms with E-state index in [0.29, 0.717) is 0 Å². The highest BCUT2D eigenvalue weighted by Gasteiger charge is 2.31. The van der Waals surface area contributed by atoms with Gasteiger partial charge in [0.2, 0.25) is 0 Å². The van der Waals surface area contributed by atoms with Crippen LogP contribution < -0.4 is 10.2 Å². The lowest BCUT2D eigenvalue weighted by Gasteiger charge is -2.37. The molecule has 0 fully saturated rings. The van der Waals surface area contributed by atoms with Crippen molar-refractivity contribution >= 4 is 5.69 Å². The maximum atomic E-state index is 3.83. The van der Waals surface area contributed by atoms with Crippen molar-refractivity contribution in [2.45, 2.75) is 59.0 Å². The van der Waals surface area contributed by atoms with Gasteiger partial charge in [0.1, 0.15) is 0 Å². The third kappa shape index (κ3) is 3.35. The number of nitrogens with one attached hydrogen (secondary N) is 1. The molecule has 0 aromatic heterocycles. The Bertz CT molecular complexity index is 421. The van der Waals surface area contributed by atoms with Gasteiger partial charge in [-0.15, -0.1) is 0 Å². The maximum Gasteiger partial charge on any atom is 0.0412 e. The van der Waals surface area contributed by atoms with Crippen LogP contribution >= 0.6 is 0 Å². The molecule has 0 radical (unpaired) electrons. The molecule has 0 amide bonds. The summed E-state index contributed by atoms with van der Waals surface area (Å²) in [6, 6.07) is 8.89. The van der Waals surface area contributed by atoms with Gasteiger partial charge in [-0.05, 0) is 36.8 Å². The van der Waals surface area contributed by atoms with Gasteiger partial charge < -0.3 is 10.2 Å². The van der Waals surface area contributed by atoms with Crippen LogP contribution in [0.1, 0.15) is 52.5 Å². The van der Waals surface area contributed by atoms with Gasteiger partial charge in [-0.1, -0.05) is 45.9 Å². The van der Waals surface area contributed by atoms with Gasteiger partial charge in [-0.3, -0.25) is 0 Å². The maximum absolute atomic E-state index is 3.83. The second kappa shape index (κ2) is 6.62. The van der Waals surface area contributed by atoms with Crippen LogP contribution in [0, 0.1) is 5.92 Å². The molecule has 1 heterocycles. The zero-order valence-corrected chi connectivity index (χ0v) is 13.6. The molecule has 1 aliphatic rings. The summed E-state index contributed by atoms with van der Waals surface area (Å²) in [5, 5.41) is 3.83. The Morgan fingerprint density at radius 2 is 1.90 bits per heavy atom. The Kier molecular flexibility index (Phi) is 5.09. The highest BCUT2D eigenvalue weighted by Crippen LogP contribution is 2.29. The number of nitrogens with zero attached hydrogens (tertiary/aromatic N) is 1. The van der Waals surface area contributed by atoms with Crippen molar-refractivity contribution in [3.05, 3.63) is 29.8 Å². The zero-order valence-electron chi connectivity index (χ0n) is 13.6. The Morgan fingerprint density at radius 3 is 2.55 bits per heavy atom. The lowest BCUT2D eigenvalue weighted by molar-refractivity contribution is 0.305. The third-order valence-electron chi connectivity index (χ3n) is 4.81. The van der Waals surface area contributed by atoms with Crippen LogP contribution in [0.5, 0.6) is 0 Å². The van der Waals surface area contributed by atoms with Crippen LogP contribution in [-0.2, 0) is 6.54 Å². The van der Waals surface area contributed by atoms with E-state index in [1.807, 2.05) is 0 Å². The number of anilines is 1.